The normalized spacial score (nSPS) is 10.4. The van der Waals surface area contributed by atoms with Crippen molar-refractivity contribution in [3.05, 3.63) is 75.4 Å². The second kappa shape index (κ2) is 10.9. The Hall–Kier alpha value is -3.43. The molecule has 1 heterocycles. The van der Waals surface area contributed by atoms with E-state index in [2.05, 4.69) is 16.0 Å². The fourth-order valence-electron chi connectivity index (χ4n) is 2.84. The minimum absolute atomic E-state index is 0.00263. The predicted molar refractivity (Wildman–Crippen MR) is 127 cm³/mol. The molecule has 3 amide bonds. The zero-order chi connectivity index (χ0) is 24.0. The summed E-state index contributed by atoms with van der Waals surface area (Å²) in [5.74, 6) is -1.10. The van der Waals surface area contributed by atoms with Crippen molar-refractivity contribution < 1.29 is 23.5 Å². The highest BCUT2D eigenvalue weighted by Crippen LogP contribution is 2.29. The Balaban J connectivity index is 1.62. The lowest BCUT2D eigenvalue weighted by Gasteiger charge is -2.08. The van der Waals surface area contributed by atoms with Gasteiger partial charge in [0.1, 0.15) is 11.6 Å². The van der Waals surface area contributed by atoms with Crippen LogP contribution in [0.1, 0.15) is 32.5 Å². The van der Waals surface area contributed by atoms with Gasteiger partial charge in [0.25, 0.3) is 17.7 Å². The molecule has 0 radical (unpaired) electrons. The number of hydrogen-bond donors (Lipinski definition) is 3. The van der Waals surface area contributed by atoms with E-state index in [9.17, 15) is 18.8 Å². The van der Waals surface area contributed by atoms with Crippen LogP contribution in [0.25, 0.3) is 0 Å². The Kier molecular flexibility index (Phi) is 8.02. The molecule has 3 rings (SSSR count). The molecule has 0 unspecified atom stereocenters. The van der Waals surface area contributed by atoms with Crippen LogP contribution in [0.5, 0.6) is 5.75 Å². The van der Waals surface area contributed by atoms with Gasteiger partial charge in [0.15, 0.2) is 6.61 Å². The van der Waals surface area contributed by atoms with Crippen molar-refractivity contribution in [2.75, 3.05) is 23.8 Å². The van der Waals surface area contributed by atoms with Crippen LogP contribution in [0.3, 0.4) is 0 Å². The summed E-state index contributed by atoms with van der Waals surface area (Å²) in [5.41, 5.74) is 1.35. The van der Waals surface area contributed by atoms with Gasteiger partial charge in [-0.2, -0.15) is 0 Å². The molecule has 2 aromatic carbocycles. The highest BCUT2D eigenvalue weighted by atomic mass is 35.5. The molecule has 0 fully saturated rings. The molecule has 3 N–H and O–H groups in total. The average molecular weight is 490 g/mol. The summed E-state index contributed by atoms with van der Waals surface area (Å²) < 4.78 is 18.6. The summed E-state index contributed by atoms with van der Waals surface area (Å²) >= 11 is 7.05. The molecule has 172 valence electrons. The maximum Gasteiger partial charge on any atom is 0.266 e. The summed E-state index contributed by atoms with van der Waals surface area (Å²) in [7, 11) is 0. The summed E-state index contributed by atoms with van der Waals surface area (Å²) in [6.45, 7) is 4.01. The first-order valence-electron chi connectivity index (χ1n) is 9.94. The van der Waals surface area contributed by atoms with Crippen molar-refractivity contribution >= 4 is 51.3 Å². The molecule has 0 bridgehead atoms. The average Bonchev–Trinajstić information content (AvgIpc) is 3.13. The van der Waals surface area contributed by atoms with E-state index < -0.39 is 11.7 Å². The van der Waals surface area contributed by atoms with Crippen LogP contribution in [-0.4, -0.2) is 30.9 Å². The predicted octanol–water partition coefficient (Wildman–Crippen LogP) is 4.87. The Labute approximate surface area is 198 Å². The number of hydrogen-bond acceptors (Lipinski definition) is 5. The standard InChI is InChI=1S/C23H21ClFN3O4S/c1-3-26-19(29)12-32-16-7-5-15(6-8-16)27-23(31)21-13(2)10-20(33-21)28-22(30)17-9-4-14(25)11-18(17)24/h4-11H,3,12H2,1-2H3,(H,26,29)(H,27,31)(H,28,30). The lowest BCUT2D eigenvalue weighted by molar-refractivity contribution is -0.122. The van der Waals surface area contributed by atoms with Gasteiger partial charge in [0.2, 0.25) is 0 Å². The van der Waals surface area contributed by atoms with Crippen molar-refractivity contribution in [3.8, 4) is 5.75 Å². The van der Waals surface area contributed by atoms with E-state index in [1.807, 2.05) is 6.92 Å². The van der Waals surface area contributed by atoms with E-state index in [1.165, 1.54) is 6.07 Å². The first kappa shape index (κ1) is 24.2. The van der Waals surface area contributed by atoms with E-state index in [-0.39, 0.29) is 29.0 Å². The van der Waals surface area contributed by atoms with Gasteiger partial charge in [-0.15, -0.1) is 11.3 Å². The molecular formula is C23H21ClFN3O4S. The molecule has 0 spiro atoms. The van der Waals surface area contributed by atoms with Crippen LogP contribution >= 0.6 is 22.9 Å². The molecule has 0 atom stereocenters. The number of carbonyl (C=O) groups excluding carboxylic acids is 3. The van der Waals surface area contributed by atoms with Gasteiger partial charge in [0.05, 0.1) is 20.5 Å². The molecule has 10 heteroatoms. The fraction of sp³-hybridized carbons (Fsp3) is 0.174. The number of thiophene rings is 1. The van der Waals surface area contributed by atoms with Gasteiger partial charge in [-0.25, -0.2) is 4.39 Å². The number of halogens is 2. The molecule has 33 heavy (non-hydrogen) atoms. The molecule has 0 aliphatic heterocycles. The number of ether oxygens (including phenoxy) is 1. The zero-order valence-electron chi connectivity index (χ0n) is 17.8. The second-order valence-electron chi connectivity index (χ2n) is 6.92. The largest absolute Gasteiger partial charge is 0.484 e. The van der Waals surface area contributed by atoms with Crippen LogP contribution in [0, 0.1) is 12.7 Å². The smallest absolute Gasteiger partial charge is 0.266 e. The Bertz CT molecular complexity index is 1180. The van der Waals surface area contributed by atoms with Crippen molar-refractivity contribution in [3.63, 3.8) is 0 Å². The van der Waals surface area contributed by atoms with E-state index in [4.69, 9.17) is 16.3 Å². The van der Waals surface area contributed by atoms with Crippen molar-refractivity contribution in [1.29, 1.82) is 0 Å². The van der Waals surface area contributed by atoms with E-state index in [0.29, 0.717) is 33.4 Å². The van der Waals surface area contributed by atoms with E-state index in [1.54, 1.807) is 37.3 Å². The fourth-order valence-corrected chi connectivity index (χ4v) is 4.06. The number of rotatable bonds is 8. The first-order valence-corrected chi connectivity index (χ1v) is 11.1. The minimum Gasteiger partial charge on any atom is -0.484 e. The molecule has 0 aliphatic rings. The second-order valence-corrected chi connectivity index (χ2v) is 8.38. The minimum atomic E-state index is -0.538. The third kappa shape index (κ3) is 6.53. The molecule has 7 nitrogen and oxygen atoms in total. The summed E-state index contributed by atoms with van der Waals surface area (Å²) in [5, 5.41) is 8.56. The zero-order valence-corrected chi connectivity index (χ0v) is 19.4. The monoisotopic (exact) mass is 489 g/mol. The molecule has 0 saturated carbocycles. The van der Waals surface area contributed by atoms with Gasteiger partial charge in [0, 0.05) is 12.2 Å². The molecular weight excluding hydrogens is 469 g/mol. The van der Waals surface area contributed by atoms with Gasteiger partial charge < -0.3 is 20.7 Å². The number of benzene rings is 2. The Morgan fingerprint density at radius 1 is 1.03 bits per heavy atom. The van der Waals surface area contributed by atoms with Gasteiger partial charge in [-0.3, -0.25) is 14.4 Å². The number of likely N-dealkylation sites (N-methyl/N-ethyl adjacent to an activating group) is 1. The van der Waals surface area contributed by atoms with Crippen LogP contribution in [0.15, 0.2) is 48.5 Å². The summed E-state index contributed by atoms with van der Waals surface area (Å²) in [6.07, 6.45) is 0. The third-order valence-electron chi connectivity index (χ3n) is 4.39. The Morgan fingerprint density at radius 3 is 2.42 bits per heavy atom. The lowest BCUT2D eigenvalue weighted by atomic mass is 10.2. The third-order valence-corrected chi connectivity index (χ3v) is 5.86. The van der Waals surface area contributed by atoms with E-state index in [0.717, 1.165) is 23.5 Å². The van der Waals surface area contributed by atoms with Crippen molar-refractivity contribution in [1.82, 2.24) is 5.32 Å². The number of aryl methyl sites for hydroxylation is 1. The Morgan fingerprint density at radius 2 is 1.76 bits per heavy atom. The van der Waals surface area contributed by atoms with Crippen LogP contribution in [0.2, 0.25) is 5.02 Å². The molecule has 3 aromatic rings. The number of anilines is 2. The first-order chi connectivity index (χ1) is 15.8. The van der Waals surface area contributed by atoms with Crippen LogP contribution < -0.4 is 20.7 Å². The number of amides is 3. The highest BCUT2D eigenvalue weighted by molar-refractivity contribution is 7.18. The van der Waals surface area contributed by atoms with Crippen LogP contribution in [0.4, 0.5) is 15.1 Å². The lowest BCUT2D eigenvalue weighted by Crippen LogP contribution is -2.28. The van der Waals surface area contributed by atoms with Crippen molar-refractivity contribution in [2.45, 2.75) is 13.8 Å². The maximum absolute atomic E-state index is 13.2. The van der Waals surface area contributed by atoms with E-state index >= 15 is 0 Å². The topological polar surface area (TPSA) is 96.5 Å². The summed E-state index contributed by atoms with van der Waals surface area (Å²) in [4.78, 5) is 37.0. The van der Waals surface area contributed by atoms with Crippen molar-refractivity contribution in [2.24, 2.45) is 0 Å². The number of carbonyl (C=O) groups is 3. The quantitative estimate of drug-likeness (QED) is 0.420. The molecule has 0 aliphatic carbocycles. The van der Waals surface area contributed by atoms with Gasteiger partial charge in [-0.05, 0) is 67.9 Å². The number of nitrogens with one attached hydrogen (secondary N) is 3. The summed E-state index contributed by atoms with van der Waals surface area (Å²) in [6, 6.07) is 11.8. The molecule has 1 aromatic heterocycles. The van der Waals surface area contributed by atoms with Gasteiger partial charge >= 0.3 is 0 Å². The van der Waals surface area contributed by atoms with Gasteiger partial charge in [-0.1, -0.05) is 11.6 Å². The maximum atomic E-state index is 13.2. The highest BCUT2D eigenvalue weighted by Gasteiger charge is 2.17. The van der Waals surface area contributed by atoms with Crippen LogP contribution in [-0.2, 0) is 4.79 Å². The SMILES string of the molecule is CCNC(=O)COc1ccc(NC(=O)c2sc(NC(=O)c3ccc(F)cc3Cl)cc2C)cc1. The molecule has 0 saturated heterocycles.